The molecule has 20 heavy (non-hydrogen) atoms. The number of aryl methyl sites for hydroxylation is 1. The number of hydrogen-bond acceptors (Lipinski definition) is 1. The molecule has 0 spiro atoms. The van der Waals surface area contributed by atoms with Gasteiger partial charge >= 0.3 is 0 Å². The van der Waals surface area contributed by atoms with Crippen molar-refractivity contribution < 1.29 is 4.74 Å². The molecule has 1 aromatic carbocycles. The zero-order chi connectivity index (χ0) is 13.7. The molecule has 2 fully saturated rings. The molecule has 0 aliphatic heterocycles. The molecule has 4 atom stereocenters. The van der Waals surface area contributed by atoms with Crippen molar-refractivity contribution >= 4 is 0 Å². The molecule has 3 aliphatic carbocycles. The highest BCUT2D eigenvalue weighted by Crippen LogP contribution is 2.63. The Kier molecular flexibility index (Phi) is 2.87. The van der Waals surface area contributed by atoms with Crippen LogP contribution in [-0.2, 0) is 6.42 Å². The molecule has 4 rings (SSSR count). The first-order valence-corrected chi connectivity index (χ1v) is 8.38. The second-order valence-corrected chi connectivity index (χ2v) is 7.58. The Morgan fingerprint density at radius 3 is 2.95 bits per heavy atom. The number of ether oxygens (including phenoxy) is 1. The number of benzene rings is 1. The number of rotatable bonds is 1. The molecule has 1 heteroatoms. The van der Waals surface area contributed by atoms with E-state index in [0.717, 1.165) is 23.5 Å². The van der Waals surface area contributed by atoms with E-state index in [2.05, 4.69) is 25.1 Å². The predicted octanol–water partition coefficient (Wildman–Crippen LogP) is 4.94. The van der Waals surface area contributed by atoms with Gasteiger partial charge < -0.3 is 4.74 Å². The lowest BCUT2D eigenvalue weighted by Gasteiger charge is -2.39. The lowest BCUT2D eigenvalue weighted by atomic mass is 9.66. The lowest BCUT2D eigenvalue weighted by Crippen LogP contribution is -2.29. The summed E-state index contributed by atoms with van der Waals surface area (Å²) in [6.07, 6.45) is 9.99. The average Bonchev–Trinajstić information content (AvgIpc) is 2.79. The monoisotopic (exact) mass is 270 g/mol. The van der Waals surface area contributed by atoms with Crippen molar-refractivity contribution in [1.82, 2.24) is 0 Å². The van der Waals surface area contributed by atoms with Gasteiger partial charge in [0.05, 0.1) is 7.11 Å². The molecule has 0 heterocycles. The van der Waals surface area contributed by atoms with Crippen molar-refractivity contribution in [1.29, 1.82) is 0 Å². The summed E-state index contributed by atoms with van der Waals surface area (Å²) < 4.78 is 5.41. The van der Waals surface area contributed by atoms with Gasteiger partial charge in [-0.25, -0.2) is 0 Å². The van der Waals surface area contributed by atoms with Gasteiger partial charge in [0, 0.05) is 0 Å². The highest BCUT2D eigenvalue weighted by molar-refractivity contribution is 5.41. The van der Waals surface area contributed by atoms with Crippen LogP contribution in [0.4, 0.5) is 0 Å². The average molecular weight is 270 g/mol. The minimum atomic E-state index is 0.634. The van der Waals surface area contributed by atoms with Gasteiger partial charge in [-0.1, -0.05) is 25.8 Å². The van der Waals surface area contributed by atoms with Crippen LogP contribution in [0.25, 0.3) is 0 Å². The van der Waals surface area contributed by atoms with Crippen molar-refractivity contribution in [2.75, 3.05) is 7.11 Å². The Morgan fingerprint density at radius 1 is 1.20 bits per heavy atom. The van der Waals surface area contributed by atoms with Crippen LogP contribution in [0, 0.1) is 17.3 Å². The van der Waals surface area contributed by atoms with E-state index in [1.807, 2.05) is 0 Å². The molecule has 1 aromatic rings. The molecule has 0 bridgehead atoms. The van der Waals surface area contributed by atoms with E-state index in [1.54, 1.807) is 18.2 Å². The Hall–Kier alpha value is -0.980. The van der Waals surface area contributed by atoms with Gasteiger partial charge in [0.2, 0.25) is 0 Å². The summed E-state index contributed by atoms with van der Waals surface area (Å²) in [4.78, 5) is 0. The van der Waals surface area contributed by atoms with Gasteiger partial charge in [0.15, 0.2) is 0 Å². The van der Waals surface area contributed by atoms with Crippen molar-refractivity contribution in [3.05, 3.63) is 29.3 Å². The topological polar surface area (TPSA) is 9.23 Å². The predicted molar refractivity (Wildman–Crippen MR) is 82.2 cm³/mol. The Labute approximate surface area is 122 Å². The minimum Gasteiger partial charge on any atom is -0.497 e. The summed E-state index contributed by atoms with van der Waals surface area (Å²) in [6.45, 7) is 2.58. The van der Waals surface area contributed by atoms with E-state index in [-0.39, 0.29) is 0 Å². The first-order valence-electron chi connectivity index (χ1n) is 8.38. The molecule has 1 nitrogen and oxygen atoms in total. The highest BCUT2D eigenvalue weighted by Gasteiger charge is 2.52. The molecule has 0 radical (unpaired) electrons. The summed E-state index contributed by atoms with van der Waals surface area (Å²) in [7, 11) is 1.78. The third-order valence-corrected chi connectivity index (χ3v) is 6.62. The summed E-state index contributed by atoms with van der Waals surface area (Å²) >= 11 is 0. The van der Waals surface area contributed by atoms with Gasteiger partial charge in [0.1, 0.15) is 5.75 Å². The Balaban J connectivity index is 1.71. The van der Waals surface area contributed by atoms with Gasteiger partial charge in [-0.05, 0) is 78.5 Å². The molecular formula is C19H26O. The Morgan fingerprint density at radius 2 is 2.10 bits per heavy atom. The maximum absolute atomic E-state index is 5.41. The summed E-state index contributed by atoms with van der Waals surface area (Å²) in [5.74, 6) is 3.82. The Bertz CT molecular complexity index is 520. The smallest absolute Gasteiger partial charge is 0.119 e. The maximum atomic E-state index is 5.41. The fraction of sp³-hybridized carbons (Fsp3) is 0.684. The number of fused-ring (bicyclic) bond motifs is 5. The molecular weight excluding hydrogens is 244 g/mol. The first kappa shape index (κ1) is 12.7. The van der Waals surface area contributed by atoms with Gasteiger partial charge in [0.25, 0.3) is 0 Å². The van der Waals surface area contributed by atoms with Crippen molar-refractivity contribution in [3.63, 3.8) is 0 Å². The van der Waals surface area contributed by atoms with Crippen LogP contribution in [0.1, 0.15) is 62.5 Å². The molecule has 0 unspecified atom stereocenters. The summed E-state index contributed by atoms with van der Waals surface area (Å²) in [5, 5.41) is 0. The molecule has 2 saturated carbocycles. The van der Waals surface area contributed by atoms with E-state index in [4.69, 9.17) is 4.74 Å². The molecule has 0 saturated heterocycles. The third-order valence-electron chi connectivity index (χ3n) is 6.62. The van der Waals surface area contributed by atoms with Gasteiger partial charge in [-0.3, -0.25) is 0 Å². The second kappa shape index (κ2) is 4.51. The summed E-state index contributed by atoms with van der Waals surface area (Å²) in [5.41, 5.74) is 3.85. The second-order valence-electron chi connectivity index (χ2n) is 7.58. The van der Waals surface area contributed by atoms with Crippen molar-refractivity contribution in [2.45, 2.75) is 57.8 Å². The minimum absolute atomic E-state index is 0.634. The fourth-order valence-electron chi connectivity index (χ4n) is 5.70. The molecule has 3 aliphatic rings. The fourth-order valence-corrected chi connectivity index (χ4v) is 5.70. The zero-order valence-electron chi connectivity index (χ0n) is 12.8. The van der Waals surface area contributed by atoms with Gasteiger partial charge in [-0.2, -0.15) is 0 Å². The van der Waals surface area contributed by atoms with E-state index in [1.165, 1.54) is 44.9 Å². The summed E-state index contributed by atoms with van der Waals surface area (Å²) in [6, 6.07) is 6.83. The van der Waals surface area contributed by atoms with E-state index in [0.29, 0.717) is 5.41 Å². The molecule has 0 N–H and O–H groups in total. The van der Waals surface area contributed by atoms with Crippen LogP contribution in [0.5, 0.6) is 5.75 Å². The molecule has 108 valence electrons. The third kappa shape index (κ3) is 1.75. The standard InChI is InChI=1S/C19H26O/c1-19-10-4-3-5-18(19)16-8-6-13-11-14(20-2)7-9-15(13)17(16)12-19/h7,9,11,16-18H,3-6,8,10,12H2,1-2H3/t16-,17-,18+,19-/m1/s1. The SMILES string of the molecule is COc1ccc2c(c1)CC[C@@H]1[C@@H]2C[C@@]2(C)CCCC[C@@H]12. The number of hydrogen-bond donors (Lipinski definition) is 0. The van der Waals surface area contributed by atoms with E-state index < -0.39 is 0 Å². The normalized spacial score (nSPS) is 38.8. The van der Waals surface area contributed by atoms with Crippen LogP contribution in [-0.4, -0.2) is 7.11 Å². The largest absolute Gasteiger partial charge is 0.497 e. The zero-order valence-corrected chi connectivity index (χ0v) is 12.8. The molecule has 0 aromatic heterocycles. The lowest BCUT2D eigenvalue weighted by molar-refractivity contribution is 0.120. The van der Waals surface area contributed by atoms with Crippen LogP contribution in [0.15, 0.2) is 18.2 Å². The van der Waals surface area contributed by atoms with Crippen molar-refractivity contribution in [3.8, 4) is 5.75 Å². The highest BCUT2D eigenvalue weighted by atomic mass is 16.5. The van der Waals surface area contributed by atoms with E-state index >= 15 is 0 Å². The molecule has 0 amide bonds. The van der Waals surface area contributed by atoms with E-state index in [9.17, 15) is 0 Å². The maximum Gasteiger partial charge on any atom is 0.119 e. The van der Waals surface area contributed by atoms with Crippen LogP contribution in [0.2, 0.25) is 0 Å². The van der Waals surface area contributed by atoms with Crippen molar-refractivity contribution in [2.24, 2.45) is 17.3 Å². The first-order chi connectivity index (χ1) is 9.71. The number of methoxy groups -OCH3 is 1. The quantitative estimate of drug-likeness (QED) is 0.702. The van der Waals surface area contributed by atoms with Crippen LogP contribution < -0.4 is 4.74 Å². The van der Waals surface area contributed by atoms with Crippen LogP contribution >= 0.6 is 0 Å². The van der Waals surface area contributed by atoms with Gasteiger partial charge in [-0.15, -0.1) is 0 Å². The van der Waals surface area contributed by atoms with Crippen LogP contribution in [0.3, 0.4) is 0 Å².